The second kappa shape index (κ2) is 6.14. The average Bonchev–Trinajstić information content (AvgIpc) is 2.82. The molecule has 0 bridgehead atoms. The van der Waals surface area contributed by atoms with Crippen LogP contribution in [0.4, 0.5) is 14.9 Å². The lowest BCUT2D eigenvalue weighted by atomic mass is 10.1. The van der Waals surface area contributed by atoms with Crippen LogP contribution in [-0.2, 0) is 7.05 Å². The molecule has 1 atom stereocenters. The maximum atomic E-state index is 13.0. The normalized spacial score (nSPS) is 11.9. The SMILES string of the molecule is CCC(NC(=O)Nc1cncc(F)c1)c1ccnn1C. The number of carbonyl (C=O) groups excluding carboxylic acids is 1. The molecule has 2 heterocycles. The van der Waals surface area contributed by atoms with E-state index >= 15 is 0 Å². The molecule has 0 fully saturated rings. The maximum absolute atomic E-state index is 13.0. The van der Waals surface area contributed by atoms with Crippen LogP contribution in [0.25, 0.3) is 0 Å². The van der Waals surface area contributed by atoms with Crippen LogP contribution >= 0.6 is 0 Å². The number of hydrogen-bond donors (Lipinski definition) is 2. The van der Waals surface area contributed by atoms with Gasteiger partial charge >= 0.3 is 6.03 Å². The summed E-state index contributed by atoms with van der Waals surface area (Å²) in [5.74, 6) is -0.499. The standard InChI is InChI=1S/C13H16FN5O/c1-3-11(12-4-5-16-19(12)2)18-13(20)17-10-6-9(14)7-15-8-10/h4-8,11H,3H2,1-2H3,(H2,17,18,20). The third-order valence-corrected chi connectivity index (χ3v) is 2.89. The molecule has 0 aliphatic heterocycles. The number of carbonyl (C=O) groups is 1. The van der Waals surface area contributed by atoms with Crippen molar-refractivity contribution in [2.45, 2.75) is 19.4 Å². The molecule has 2 N–H and O–H groups in total. The molecule has 7 heteroatoms. The van der Waals surface area contributed by atoms with Crippen molar-refractivity contribution in [2.24, 2.45) is 7.05 Å². The summed E-state index contributed by atoms with van der Waals surface area (Å²) in [6.45, 7) is 1.96. The Morgan fingerprint density at radius 3 is 2.90 bits per heavy atom. The van der Waals surface area contributed by atoms with E-state index < -0.39 is 11.8 Å². The van der Waals surface area contributed by atoms with Crippen LogP contribution in [0.15, 0.2) is 30.7 Å². The molecule has 0 saturated heterocycles. The van der Waals surface area contributed by atoms with Crippen molar-refractivity contribution in [3.8, 4) is 0 Å². The summed E-state index contributed by atoms with van der Waals surface area (Å²) in [5, 5.41) is 9.44. The van der Waals surface area contributed by atoms with Crippen LogP contribution in [0.1, 0.15) is 25.1 Å². The molecule has 0 aliphatic rings. The van der Waals surface area contributed by atoms with Gasteiger partial charge in [-0.05, 0) is 12.5 Å². The smallest absolute Gasteiger partial charge is 0.319 e. The molecule has 0 saturated carbocycles. The van der Waals surface area contributed by atoms with E-state index in [1.165, 1.54) is 12.3 Å². The van der Waals surface area contributed by atoms with Crippen LogP contribution in [0.3, 0.4) is 0 Å². The Kier molecular flexibility index (Phi) is 4.29. The minimum absolute atomic E-state index is 0.163. The Bertz CT molecular complexity index is 598. The topological polar surface area (TPSA) is 71.8 Å². The molecule has 0 aliphatic carbocycles. The van der Waals surface area contributed by atoms with Crippen molar-refractivity contribution >= 4 is 11.7 Å². The minimum Gasteiger partial charge on any atom is -0.330 e. The third-order valence-electron chi connectivity index (χ3n) is 2.89. The van der Waals surface area contributed by atoms with Gasteiger partial charge in [-0.25, -0.2) is 9.18 Å². The van der Waals surface area contributed by atoms with E-state index in [2.05, 4.69) is 20.7 Å². The summed E-state index contributed by atoms with van der Waals surface area (Å²) in [7, 11) is 1.81. The Hall–Kier alpha value is -2.44. The number of aryl methyl sites for hydroxylation is 1. The zero-order valence-corrected chi connectivity index (χ0v) is 11.3. The van der Waals surface area contributed by atoms with Gasteiger partial charge in [0.25, 0.3) is 0 Å². The average molecular weight is 277 g/mol. The van der Waals surface area contributed by atoms with E-state index in [9.17, 15) is 9.18 Å². The van der Waals surface area contributed by atoms with Crippen molar-refractivity contribution in [1.29, 1.82) is 0 Å². The van der Waals surface area contributed by atoms with E-state index in [1.54, 1.807) is 10.9 Å². The number of pyridine rings is 1. The van der Waals surface area contributed by atoms with Gasteiger partial charge in [0.05, 0.1) is 29.8 Å². The fourth-order valence-corrected chi connectivity index (χ4v) is 1.92. The fraction of sp³-hybridized carbons (Fsp3) is 0.308. The molecule has 2 aromatic rings. The highest BCUT2D eigenvalue weighted by molar-refractivity contribution is 5.89. The first-order chi connectivity index (χ1) is 9.60. The summed E-state index contributed by atoms with van der Waals surface area (Å²) in [4.78, 5) is 15.6. The summed E-state index contributed by atoms with van der Waals surface area (Å²) in [6, 6.07) is 2.48. The van der Waals surface area contributed by atoms with Gasteiger partial charge in [0.2, 0.25) is 0 Å². The summed E-state index contributed by atoms with van der Waals surface area (Å²) >= 11 is 0. The predicted octanol–water partition coefficient (Wildman–Crippen LogP) is 2.23. The van der Waals surface area contributed by atoms with Crippen molar-refractivity contribution in [3.05, 3.63) is 42.2 Å². The Labute approximate surface area is 116 Å². The highest BCUT2D eigenvalue weighted by Crippen LogP contribution is 2.15. The third kappa shape index (κ3) is 3.31. The number of halogens is 1. The minimum atomic E-state index is -0.499. The number of urea groups is 1. The van der Waals surface area contributed by atoms with Crippen LogP contribution in [0.2, 0.25) is 0 Å². The molecule has 2 rings (SSSR count). The van der Waals surface area contributed by atoms with Gasteiger partial charge in [-0.15, -0.1) is 0 Å². The first kappa shape index (κ1) is 14.0. The van der Waals surface area contributed by atoms with Crippen LogP contribution in [0.5, 0.6) is 0 Å². The highest BCUT2D eigenvalue weighted by atomic mass is 19.1. The second-order valence-electron chi connectivity index (χ2n) is 4.33. The first-order valence-corrected chi connectivity index (χ1v) is 6.26. The molecule has 0 aromatic carbocycles. The summed E-state index contributed by atoms with van der Waals surface area (Å²) in [6.07, 6.45) is 4.85. The fourth-order valence-electron chi connectivity index (χ4n) is 1.92. The monoisotopic (exact) mass is 277 g/mol. The number of aromatic nitrogens is 3. The zero-order valence-electron chi connectivity index (χ0n) is 11.3. The van der Waals surface area contributed by atoms with Gasteiger partial charge in [-0.2, -0.15) is 5.10 Å². The lowest BCUT2D eigenvalue weighted by Crippen LogP contribution is -2.33. The maximum Gasteiger partial charge on any atom is 0.319 e. The Balaban J connectivity index is 2.01. The molecule has 0 radical (unpaired) electrons. The van der Waals surface area contributed by atoms with Crippen molar-refractivity contribution in [1.82, 2.24) is 20.1 Å². The lowest BCUT2D eigenvalue weighted by Gasteiger charge is -2.17. The molecule has 106 valence electrons. The van der Waals surface area contributed by atoms with Gasteiger partial charge in [-0.3, -0.25) is 9.67 Å². The number of nitrogens with one attached hydrogen (secondary N) is 2. The molecular weight excluding hydrogens is 261 g/mol. The van der Waals surface area contributed by atoms with Gasteiger partial charge in [0.1, 0.15) is 5.82 Å². The largest absolute Gasteiger partial charge is 0.330 e. The van der Waals surface area contributed by atoms with E-state index in [0.717, 1.165) is 11.9 Å². The van der Waals surface area contributed by atoms with E-state index in [4.69, 9.17) is 0 Å². The van der Waals surface area contributed by atoms with Crippen molar-refractivity contribution in [2.75, 3.05) is 5.32 Å². The summed E-state index contributed by atoms with van der Waals surface area (Å²) < 4.78 is 14.7. The zero-order chi connectivity index (χ0) is 14.5. The predicted molar refractivity (Wildman–Crippen MR) is 72.6 cm³/mol. The molecule has 6 nitrogen and oxygen atoms in total. The molecule has 0 spiro atoms. The number of rotatable bonds is 4. The van der Waals surface area contributed by atoms with Crippen LogP contribution < -0.4 is 10.6 Å². The second-order valence-corrected chi connectivity index (χ2v) is 4.33. The first-order valence-electron chi connectivity index (χ1n) is 6.26. The number of anilines is 1. The van der Waals surface area contributed by atoms with Gasteiger partial charge in [0.15, 0.2) is 0 Å². The lowest BCUT2D eigenvalue weighted by molar-refractivity contribution is 0.247. The molecule has 20 heavy (non-hydrogen) atoms. The van der Waals surface area contributed by atoms with Gasteiger partial charge in [-0.1, -0.05) is 6.92 Å². The van der Waals surface area contributed by atoms with Crippen LogP contribution in [-0.4, -0.2) is 20.8 Å². The van der Waals surface area contributed by atoms with Crippen LogP contribution in [0, 0.1) is 5.82 Å². The number of hydrogen-bond acceptors (Lipinski definition) is 3. The van der Waals surface area contributed by atoms with Gasteiger partial charge < -0.3 is 10.6 Å². The molecular formula is C13H16FN5O. The van der Waals surface area contributed by atoms with E-state index in [-0.39, 0.29) is 6.04 Å². The Morgan fingerprint density at radius 2 is 2.30 bits per heavy atom. The van der Waals surface area contributed by atoms with Gasteiger partial charge in [0, 0.05) is 19.3 Å². The van der Waals surface area contributed by atoms with E-state index in [1.807, 2.05) is 20.0 Å². The summed E-state index contributed by atoms with van der Waals surface area (Å²) in [5.41, 5.74) is 1.21. The van der Waals surface area contributed by atoms with E-state index in [0.29, 0.717) is 12.1 Å². The Morgan fingerprint density at radius 1 is 1.50 bits per heavy atom. The molecule has 2 amide bonds. The molecule has 1 unspecified atom stereocenters. The van der Waals surface area contributed by atoms with Crippen molar-refractivity contribution in [3.63, 3.8) is 0 Å². The quantitative estimate of drug-likeness (QED) is 0.900. The number of amides is 2. The molecule has 2 aromatic heterocycles. The number of nitrogens with zero attached hydrogens (tertiary/aromatic N) is 3. The highest BCUT2D eigenvalue weighted by Gasteiger charge is 2.15. The van der Waals surface area contributed by atoms with Crippen molar-refractivity contribution < 1.29 is 9.18 Å².